The molecule has 14 heteroatoms. The van der Waals surface area contributed by atoms with Crippen LogP contribution in [-0.2, 0) is 13.2 Å². The molecule has 0 aliphatic rings. The molecule has 0 fully saturated rings. The molecule has 9 nitrogen and oxygen atoms in total. The summed E-state index contributed by atoms with van der Waals surface area (Å²) in [6.07, 6.45) is -2.23. The number of carbonyl (C=O) groups is 2. The van der Waals surface area contributed by atoms with Gasteiger partial charge in [-0.2, -0.15) is 18.3 Å². The van der Waals surface area contributed by atoms with Gasteiger partial charge in [0.2, 0.25) is 0 Å². The fourth-order valence-corrected chi connectivity index (χ4v) is 3.69. The van der Waals surface area contributed by atoms with E-state index in [9.17, 15) is 27.9 Å². The molecule has 0 saturated heterocycles. The second kappa shape index (κ2) is 8.05. The van der Waals surface area contributed by atoms with Gasteiger partial charge >= 0.3 is 12.1 Å². The number of amides is 1. The predicted octanol–water partition coefficient (Wildman–Crippen LogP) is 4.43. The van der Waals surface area contributed by atoms with E-state index < -0.39 is 35.0 Å². The largest absolute Gasteiger partial charge is 0.478 e. The molecule has 1 amide bonds. The highest BCUT2D eigenvalue weighted by molar-refractivity contribution is 6.39. The normalized spacial score (nSPS) is 11.7. The van der Waals surface area contributed by atoms with Gasteiger partial charge in [-0.1, -0.05) is 23.2 Å². The van der Waals surface area contributed by atoms with E-state index in [2.05, 4.69) is 20.4 Å². The number of carboxylic acid groups (broad SMARTS) is 1. The first-order valence-corrected chi connectivity index (χ1v) is 9.71. The van der Waals surface area contributed by atoms with Crippen molar-refractivity contribution in [2.24, 2.45) is 7.05 Å². The average Bonchev–Trinajstić information content (AvgIpc) is 3.34. The van der Waals surface area contributed by atoms with Crippen LogP contribution in [0.25, 0.3) is 16.9 Å². The van der Waals surface area contributed by atoms with Gasteiger partial charge in [0.1, 0.15) is 5.69 Å². The molecule has 0 bridgehead atoms. The van der Waals surface area contributed by atoms with Crippen molar-refractivity contribution >= 4 is 51.8 Å². The van der Waals surface area contributed by atoms with Crippen molar-refractivity contribution in [3.05, 3.63) is 63.8 Å². The van der Waals surface area contributed by atoms with E-state index in [4.69, 9.17) is 23.2 Å². The summed E-state index contributed by atoms with van der Waals surface area (Å²) in [6, 6.07) is 4.49. The van der Waals surface area contributed by atoms with Gasteiger partial charge in [0.05, 0.1) is 38.7 Å². The standard InChI is InChI=1S/C19H11Cl2F3N6O3/c1-29-7-26-10-5-8(18(32)33)14(13(21)15(10)29)27-17(31)11-6-12(19(22,23)24)28-30(11)16-9(20)3-2-4-25-16/h2-7H,1H3,(H,27,31)(H,32,33). The first-order chi connectivity index (χ1) is 15.5. The number of aromatic carboxylic acids is 1. The zero-order chi connectivity index (χ0) is 24.1. The van der Waals surface area contributed by atoms with E-state index in [0.29, 0.717) is 16.3 Å². The van der Waals surface area contributed by atoms with Crippen LogP contribution in [0.3, 0.4) is 0 Å². The van der Waals surface area contributed by atoms with Crippen molar-refractivity contribution in [1.29, 1.82) is 0 Å². The minimum atomic E-state index is -4.88. The maximum absolute atomic E-state index is 13.3. The summed E-state index contributed by atoms with van der Waals surface area (Å²) >= 11 is 12.4. The zero-order valence-electron chi connectivity index (χ0n) is 16.4. The van der Waals surface area contributed by atoms with Crippen LogP contribution in [-0.4, -0.2) is 41.3 Å². The van der Waals surface area contributed by atoms with E-state index in [1.165, 1.54) is 35.3 Å². The lowest BCUT2D eigenvalue weighted by Crippen LogP contribution is -2.20. The lowest BCUT2D eigenvalue weighted by atomic mass is 10.1. The highest BCUT2D eigenvalue weighted by Crippen LogP contribution is 2.35. The molecule has 3 heterocycles. The zero-order valence-corrected chi connectivity index (χ0v) is 17.9. The fourth-order valence-electron chi connectivity index (χ4n) is 3.11. The Morgan fingerprint density at radius 2 is 1.91 bits per heavy atom. The summed E-state index contributed by atoms with van der Waals surface area (Å²) in [7, 11) is 1.60. The lowest BCUT2D eigenvalue weighted by Gasteiger charge is -2.13. The third-order valence-electron chi connectivity index (χ3n) is 4.58. The molecule has 4 aromatic rings. The first-order valence-electron chi connectivity index (χ1n) is 8.95. The number of pyridine rings is 1. The van der Waals surface area contributed by atoms with Gasteiger partial charge in [-0.05, 0) is 18.2 Å². The summed E-state index contributed by atoms with van der Waals surface area (Å²) in [4.78, 5) is 32.8. The molecular weight excluding hydrogens is 488 g/mol. The number of rotatable bonds is 4. The Bertz CT molecular complexity index is 1430. The molecule has 0 radical (unpaired) electrons. The smallest absolute Gasteiger partial charge is 0.435 e. The maximum Gasteiger partial charge on any atom is 0.435 e. The molecule has 33 heavy (non-hydrogen) atoms. The minimum Gasteiger partial charge on any atom is -0.478 e. The van der Waals surface area contributed by atoms with Crippen molar-refractivity contribution in [2.45, 2.75) is 6.18 Å². The number of hydrogen-bond acceptors (Lipinski definition) is 5. The summed E-state index contributed by atoms with van der Waals surface area (Å²) in [5.41, 5.74) is -2.13. The Hall–Kier alpha value is -3.64. The van der Waals surface area contributed by atoms with Crippen LogP contribution in [0.2, 0.25) is 10.0 Å². The van der Waals surface area contributed by atoms with E-state index in [1.54, 1.807) is 7.05 Å². The van der Waals surface area contributed by atoms with Crippen LogP contribution in [0, 0.1) is 0 Å². The Balaban J connectivity index is 1.87. The SMILES string of the molecule is Cn1cnc2cc(C(=O)O)c(NC(=O)c3cc(C(F)(F)F)nn3-c3ncccc3Cl)c(Cl)c21. The Labute approximate surface area is 192 Å². The molecule has 0 spiro atoms. The molecule has 0 aliphatic carbocycles. The van der Waals surface area contributed by atoms with Gasteiger partial charge in [-0.3, -0.25) is 4.79 Å². The van der Waals surface area contributed by atoms with Gasteiger partial charge in [0, 0.05) is 19.3 Å². The number of aryl methyl sites for hydroxylation is 1. The summed E-state index contributed by atoms with van der Waals surface area (Å²) < 4.78 is 42.1. The third-order valence-corrected chi connectivity index (χ3v) is 5.25. The summed E-state index contributed by atoms with van der Waals surface area (Å²) in [5.74, 6) is -2.78. The number of benzene rings is 1. The molecule has 0 aliphatic heterocycles. The van der Waals surface area contributed by atoms with Gasteiger partial charge in [0.25, 0.3) is 5.91 Å². The summed E-state index contributed by atoms with van der Waals surface area (Å²) in [5, 5.41) is 15.1. The quantitative estimate of drug-likeness (QED) is 0.430. The molecule has 0 saturated carbocycles. The highest BCUT2D eigenvalue weighted by atomic mass is 35.5. The Morgan fingerprint density at radius 3 is 2.55 bits per heavy atom. The molecule has 170 valence electrons. The molecule has 0 unspecified atom stereocenters. The Kier molecular flexibility index (Phi) is 5.50. The number of halogens is 5. The average molecular weight is 499 g/mol. The van der Waals surface area contributed by atoms with E-state index in [1.807, 2.05) is 0 Å². The number of imidazole rings is 1. The second-order valence-corrected chi connectivity index (χ2v) is 7.51. The number of carbonyl (C=O) groups excluding carboxylic acids is 1. The third kappa shape index (κ3) is 3.98. The fraction of sp³-hybridized carbons (Fsp3) is 0.105. The number of aromatic nitrogens is 5. The minimum absolute atomic E-state index is 0.0658. The first kappa shape index (κ1) is 22.6. The summed E-state index contributed by atoms with van der Waals surface area (Å²) in [6.45, 7) is 0. The number of anilines is 1. The van der Waals surface area contributed by atoms with Crippen molar-refractivity contribution < 1.29 is 27.9 Å². The van der Waals surface area contributed by atoms with Crippen LogP contribution < -0.4 is 5.32 Å². The van der Waals surface area contributed by atoms with Gasteiger partial charge < -0.3 is 15.0 Å². The van der Waals surface area contributed by atoms with Crippen LogP contribution in [0.1, 0.15) is 26.5 Å². The van der Waals surface area contributed by atoms with Crippen LogP contribution in [0.5, 0.6) is 0 Å². The monoisotopic (exact) mass is 498 g/mol. The highest BCUT2D eigenvalue weighted by Gasteiger charge is 2.37. The molecule has 2 N–H and O–H groups in total. The van der Waals surface area contributed by atoms with E-state index in [-0.39, 0.29) is 27.1 Å². The van der Waals surface area contributed by atoms with Crippen molar-refractivity contribution in [3.8, 4) is 5.82 Å². The molecule has 1 aromatic carbocycles. The predicted molar refractivity (Wildman–Crippen MR) is 112 cm³/mol. The van der Waals surface area contributed by atoms with Gasteiger partial charge in [-0.15, -0.1) is 0 Å². The molecule has 4 rings (SSSR count). The van der Waals surface area contributed by atoms with Gasteiger partial charge in [0.15, 0.2) is 11.5 Å². The topological polar surface area (TPSA) is 115 Å². The molecular formula is C19H11Cl2F3N6O3. The molecule has 0 atom stereocenters. The lowest BCUT2D eigenvalue weighted by molar-refractivity contribution is -0.141. The van der Waals surface area contributed by atoms with E-state index >= 15 is 0 Å². The number of nitrogens with zero attached hydrogens (tertiary/aromatic N) is 5. The van der Waals surface area contributed by atoms with Crippen molar-refractivity contribution in [2.75, 3.05) is 5.32 Å². The maximum atomic E-state index is 13.3. The number of hydrogen-bond donors (Lipinski definition) is 2. The van der Waals surface area contributed by atoms with Crippen molar-refractivity contribution in [1.82, 2.24) is 24.3 Å². The second-order valence-electron chi connectivity index (χ2n) is 6.73. The van der Waals surface area contributed by atoms with Crippen LogP contribution >= 0.6 is 23.2 Å². The van der Waals surface area contributed by atoms with Gasteiger partial charge in [-0.25, -0.2) is 19.4 Å². The number of alkyl halides is 3. The van der Waals surface area contributed by atoms with E-state index in [0.717, 1.165) is 0 Å². The van der Waals surface area contributed by atoms with Crippen LogP contribution in [0.15, 0.2) is 36.8 Å². The number of carboxylic acids is 1. The number of nitrogens with one attached hydrogen (secondary N) is 1. The number of fused-ring (bicyclic) bond motifs is 1. The van der Waals surface area contributed by atoms with Crippen LogP contribution in [0.4, 0.5) is 18.9 Å². The Morgan fingerprint density at radius 1 is 1.18 bits per heavy atom. The molecule has 3 aromatic heterocycles. The van der Waals surface area contributed by atoms with Crippen molar-refractivity contribution in [3.63, 3.8) is 0 Å².